The van der Waals surface area contributed by atoms with E-state index in [1.165, 1.54) is 13.5 Å². The lowest BCUT2D eigenvalue weighted by Gasteiger charge is -2.29. The van der Waals surface area contributed by atoms with Gasteiger partial charge in [0.1, 0.15) is 5.76 Å². The molecule has 0 aromatic carbocycles. The minimum Gasteiger partial charge on any atom is -0.469 e. The minimum atomic E-state index is -0.260. The number of rotatable bonds is 4. The zero-order valence-electron chi connectivity index (χ0n) is 13.2. The van der Waals surface area contributed by atoms with Crippen molar-refractivity contribution >= 4 is 11.9 Å². The van der Waals surface area contributed by atoms with Crippen LogP contribution in [0.1, 0.15) is 55.3 Å². The number of aromatic nitrogens is 1. The van der Waals surface area contributed by atoms with E-state index in [1.807, 2.05) is 13.8 Å². The van der Waals surface area contributed by atoms with Crippen LogP contribution >= 0.6 is 0 Å². The zero-order chi connectivity index (χ0) is 15.9. The Balaban J connectivity index is 1.78. The molecule has 3 rings (SSSR count). The number of hydrogen-bond donors (Lipinski definition) is 1. The zero-order valence-corrected chi connectivity index (χ0v) is 13.2. The van der Waals surface area contributed by atoms with E-state index >= 15 is 0 Å². The predicted molar refractivity (Wildman–Crippen MR) is 78.2 cm³/mol. The first-order valence-electron chi connectivity index (χ1n) is 7.85. The summed E-state index contributed by atoms with van der Waals surface area (Å²) >= 11 is 0. The Labute approximate surface area is 129 Å². The number of ether oxygens (including phenoxy) is 1. The lowest BCUT2D eigenvalue weighted by molar-refractivity contribution is -0.148. The van der Waals surface area contributed by atoms with Crippen LogP contribution in [0.5, 0.6) is 0 Å². The molecule has 1 heterocycles. The number of amides is 1. The van der Waals surface area contributed by atoms with Crippen LogP contribution in [0.2, 0.25) is 0 Å². The summed E-state index contributed by atoms with van der Waals surface area (Å²) in [6.07, 6.45) is 4.38. The Morgan fingerprint density at radius 1 is 1.36 bits per heavy atom. The maximum Gasteiger partial charge on any atom is 0.311 e. The summed E-state index contributed by atoms with van der Waals surface area (Å²) in [6, 6.07) is -0.157. The van der Waals surface area contributed by atoms with Crippen molar-refractivity contribution < 1.29 is 18.7 Å². The highest BCUT2D eigenvalue weighted by molar-refractivity contribution is 5.94. The van der Waals surface area contributed by atoms with Crippen LogP contribution < -0.4 is 5.32 Å². The van der Waals surface area contributed by atoms with Crippen molar-refractivity contribution in [3.05, 3.63) is 17.8 Å². The Hall–Kier alpha value is -1.85. The van der Waals surface area contributed by atoms with E-state index < -0.39 is 0 Å². The number of esters is 1. The van der Waals surface area contributed by atoms with Crippen LogP contribution in [0, 0.1) is 17.8 Å². The normalized spacial score (nSPS) is 29.8. The molecule has 2 saturated carbocycles. The van der Waals surface area contributed by atoms with Gasteiger partial charge in [0.15, 0.2) is 12.1 Å². The number of methoxy groups -OCH3 is 1. The quantitative estimate of drug-likeness (QED) is 0.862. The van der Waals surface area contributed by atoms with Gasteiger partial charge in [-0.15, -0.1) is 0 Å². The van der Waals surface area contributed by atoms with Crippen molar-refractivity contribution in [3.63, 3.8) is 0 Å². The van der Waals surface area contributed by atoms with E-state index in [4.69, 9.17) is 9.15 Å². The van der Waals surface area contributed by atoms with Gasteiger partial charge in [0.2, 0.25) is 0 Å². The van der Waals surface area contributed by atoms with Crippen molar-refractivity contribution in [2.24, 2.45) is 17.8 Å². The predicted octanol–water partition coefficient (Wildman–Crippen LogP) is 2.12. The number of nitrogens with one attached hydrogen (secondary N) is 1. The molecule has 6 heteroatoms. The second-order valence-corrected chi connectivity index (χ2v) is 6.60. The molecular weight excluding hydrogens is 284 g/mol. The minimum absolute atomic E-state index is 0.0830. The highest BCUT2D eigenvalue weighted by atomic mass is 16.5. The molecular formula is C16H22N2O4. The summed E-state index contributed by atoms with van der Waals surface area (Å²) < 4.78 is 10.2. The molecule has 0 radical (unpaired) electrons. The van der Waals surface area contributed by atoms with Crippen LogP contribution in [0.3, 0.4) is 0 Å². The van der Waals surface area contributed by atoms with Gasteiger partial charge in [-0.25, -0.2) is 4.98 Å². The van der Waals surface area contributed by atoms with Crippen molar-refractivity contribution in [2.75, 3.05) is 7.11 Å². The largest absolute Gasteiger partial charge is 0.469 e. The molecule has 2 aliphatic rings. The van der Waals surface area contributed by atoms with Gasteiger partial charge < -0.3 is 14.5 Å². The number of nitrogens with zero attached hydrogens (tertiary/aromatic N) is 1. The van der Waals surface area contributed by atoms with Crippen molar-refractivity contribution in [3.8, 4) is 0 Å². The first kappa shape index (κ1) is 15.1. The number of oxazole rings is 1. The van der Waals surface area contributed by atoms with E-state index in [9.17, 15) is 9.59 Å². The Morgan fingerprint density at radius 2 is 2.09 bits per heavy atom. The van der Waals surface area contributed by atoms with Gasteiger partial charge in [-0.1, -0.05) is 13.8 Å². The lowest BCUT2D eigenvalue weighted by atomic mass is 9.84. The molecule has 120 valence electrons. The smallest absolute Gasteiger partial charge is 0.311 e. The van der Waals surface area contributed by atoms with Crippen LogP contribution in [-0.4, -0.2) is 30.0 Å². The van der Waals surface area contributed by atoms with Gasteiger partial charge in [0.25, 0.3) is 5.91 Å². The topological polar surface area (TPSA) is 81.4 Å². The molecule has 2 fully saturated rings. The van der Waals surface area contributed by atoms with Crippen LogP contribution in [-0.2, 0) is 9.53 Å². The molecule has 0 spiro atoms. The molecule has 0 saturated heterocycles. The van der Waals surface area contributed by atoms with E-state index in [-0.39, 0.29) is 29.8 Å². The third-order valence-corrected chi connectivity index (χ3v) is 5.02. The maximum absolute atomic E-state index is 12.5. The molecule has 1 amide bonds. The second-order valence-electron chi connectivity index (χ2n) is 6.60. The Morgan fingerprint density at radius 3 is 2.77 bits per heavy atom. The van der Waals surface area contributed by atoms with Gasteiger partial charge in [-0.2, -0.15) is 0 Å². The third kappa shape index (κ3) is 2.40. The molecule has 1 N–H and O–H groups in total. The molecule has 1 aromatic heterocycles. The average molecular weight is 306 g/mol. The van der Waals surface area contributed by atoms with E-state index in [0.29, 0.717) is 23.3 Å². The number of fused-ring (bicyclic) bond motifs is 2. The Kier molecular flexibility index (Phi) is 3.93. The molecule has 0 unspecified atom stereocenters. The fraction of sp³-hybridized carbons (Fsp3) is 0.688. The summed E-state index contributed by atoms with van der Waals surface area (Å²) in [4.78, 5) is 28.6. The SMILES string of the molecule is COC(=O)[C@H]1[C@H]2CC[C@@H](C2)[C@H]1NC(=O)c1ncoc1C(C)C. The fourth-order valence-electron chi connectivity index (χ4n) is 4.03. The molecule has 22 heavy (non-hydrogen) atoms. The standard InChI is InChI=1S/C16H22N2O4/c1-8(2)14-13(17-7-22-14)15(19)18-12-10-5-4-9(6-10)11(12)16(20)21-3/h7-12H,4-6H2,1-3H3,(H,18,19)/t9-,10-,11-,12+/m0/s1. The number of carbonyl (C=O) groups excluding carboxylic acids is 2. The fourth-order valence-corrected chi connectivity index (χ4v) is 4.03. The highest BCUT2D eigenvalue weighted by Crippen LogP contribution is 2.49. The molecule has 6 nitrogen and oxygen atoms in total. The van der Waals surface area contributed by atoms with Crippen molar-refractivity contribution in [1.82, 2.24) is 10.3 Å². The summed E-state index contributed by atoms with van der Waals surface area (Å²) in [5.41, 5.74) is 0.321. The van der Waals surface area contributed by atoms with Crippen molar-refractivity contribution in [1.29, 1.82) is 0 Å². The molecule has 2 bridgehead atoms. The number of hydrogen-bond acceptors (Lipinski definition) is 5. The first-order valence-corrected chi connectivity index (χ1v) is 7.85. The lowest BCUT2D eigenvalue weighted by Crippen LogP contribution is -2.47. The van der Waals surface area contributed by atoms with Gasteiger partial charge in [0, 0.05) is 12.0 Å². The summed E-state index contributed by atoms with van der Waals surface area (Å²) in [5, 5.41) is 3.01. The third-order valence-electron chi connectivity index (χ3n) is 5.02. The van der Waals surface area contributed by atoms with Gasteiger partial charge in [-0.05, 0) is 31.1 Å². The van der Waals surface area contributed by atoms with Gasteiger partial charge >= 0.3 is 5.97 Å². The van der Waals surface area contributed by atoms with Crippen LogP contribution in [0.25, 0.3) is 0 Å². The average Bonchev–Trinajstić information content (AvgIpc) is 3.21. The molecule has 1 aromatic rings. The van der Waals surface area contributed by atoms with Crippen molar-refractivity contribution in [2.45, 2.75) is 45.1 Å². The molecule has 0 aliphatic heterocycles. The summed E-state index contributed by atoms with van der Waals surface area (Å²) in [7, 11) is 1.40. The summed E-state index contributed by atoms with van der Waals surface area (Å²) in [6.45, 7) is 3.90. The van der Waals surface area contributed by atoms with Gasteiger partial charge in [0.05, 0.1) is 13.0 Å². The van der Waals surface area contributed by atoms with E-state index in [2.05, 4.69) is 10.3 Å². The van der Waals surface area contributed by atoms with E-state index in [0.717, 1.165) is 19.3 Å². The highest BCUT2D eigenvalue weighted by Gasteiger charge is 2.52. The van der Waals surface area contributed by atoms with Gasteiger partial charge in [-0.3, -0.25) is 9.59 Å². The molecule has 2 aliphatic carbocycles. The molecule has 4 atom stereocenters. The monoisotopic (exact) mass is 306 g/mol. The summed E-state index contributed by atoms with van der Waals surface area (Å²) in [5.74, 6) is 0.625. The first-order chi connectivity index (χ1) is 10.5. The van der Waals surface area contributed by atoms with Crippen LogP contribution in [0.4, 0.5) is 0 Å². The van der Waals surface area contributed by atoms with E-state index in [1.54, 1.807) is 0 Å². The Bertz CT molecular complexity index is 580. The maximum atomic E-state index is 12.5. The van der Waals surface area contributed by atoms with Crippen LogP contribution in [0.15, 0.2) is 10.8 Å². The second kappa shape index (κ2) is 5.74. The number of carbonyl (C=O) groups is 2.